The molecule has 1 aliphatic rings. The topological polar surface area (TPSA) is 91.0 Å². The Labute approximate surface area is 177 Å². The summed E-state index contributed by atoms with van der Waals surface area (Å²) in [7, 11) is 0. The largest absolute Gasteiger partial charge is 0.337 e. The lowest BCUT2D eigenvalue weighted by atomic mass is 10.0. The highest BCUT2D eigenvalue weighted by Gasteiger charge is 2.27. The highest BCUT2D eigenvalue weighted by Crippen LogP contribution is 2.15. The number of halogens is 2. The summed E-state index contributed by atoms with van der Waals surface area (Å²) in [5.74, 6) is 0.584. The van der Waals surface area contributed by atoms with Crippen molar-refractivity contribution in [1.82, 2.24) is 25.2 Å². The third kappa shape index (κ3) is 5.31. The van der Waals surface area contributed by atoms with E-state index in [9.17, 15) is 9.59 Å². The number of nitrogens with one attached hydrogen (secondary N) is 2. The average molecular weight is 428 g/mol. The van der Waals surface area contributed by atoms with Crippen molar-refractivity contribution in [2.24, 2.45) is 0 Å². The lowest BCUT2D eigenvalue weighted by molar-refractivity contribution is -0.134. The minimum absolute atomic E-state index is 0. The first-order valence-corrected chi connectivity index (χ1v) is 9.00. The molecule has 9 heteroatoms. The van der Waals surface area contributed by atoms with E-state index in [4.69, 9.17) is 0 Å². The molecule has 154 valence electrons. The molecule has 2 N–H and O–H groups in total. The number of nitrogens with zero attached hydrogens (tertiary/aromatic N) is 3. The molecule has 2 atom stereocenters. The van der Waals surface area contributed by atoms with Crippen LogP contribution in [0.15, 0.2) is 29.3 Å². The summed E-state index contributed by atoms with van der Waals surface area (Å²) < 4.78 is 0. The molecule has 0 aliphatic carbocycles. The van der Waals surface area contributed by atoms with Crippen molar-refractivity contribution in [2.45, 2.75) is 45.7 Å². The zero-order valence-corrected chi connectivity index (χ0v) is 17.9. The fourth-order valence-electron chi connectivity index (χ4n) is 3.33. The number of carbonyl (C=O) groups excluding carboxylic acids is 1. The number of hydrogen-bond donors (Lipinski definition) is 2. The van der Waals surface area contributed by atoms with E-state index in [1.54, 1.807) is 18.5 Å². The second-order valence-electron chi connectivity index (χ2n) is 6.79. The van der Waals surface area contributed by atoms with E-state index in [1.807, 2.05) is 17.9 Å². The number of amides is 1. The minimum atomic E-state index is -0.189. The normalized spacial score (nSPS) is 18.8. The Balaban J connectivity index is 0.00000196. The predicted molar refractivity (Wildman–Crippen MR) is 114 cm³/mol. The molecule has 1 aliphatic heterocycles. The first kappa shape index (κ1) is 24.1. The second-order valence-corrected chi connectivity index (χ2v) is 6.79. The number of aryl methyl sites for hydroxylation is 1. The van der Waals surface area contributed by atoms with Crippen molar-refractivity contribution in [3.63, 3.8) is 0 Å². The highest BCUT2D eigenvalue weighted by molar-refractivity contribution is 5.85. The molecule has 0 bridgehead atoms. The van der Waals surface area contributed by atoms with E-state index >= 15 is 0 Å². The zero-order chi connectivity index (χ0) is 18.7. The third-order valence-corrected chi connectivity index (χ3v) is 5.10. The van der Waals surface area contributed by atoms with Gasteiger partial charge in [-0.2, -0.15) is 0 Å². The van der Waals surface area contributed by atoms with Gasteiger partial charge in [-0.1, -0.05) is 0 Å². The number of pyridine rings is 1. The van der Waals surface area contributed by atoms with Crippen LogP contribution in [0.25, 0.3) is 11.4 Å². The number of piperazine rings is 1. The van der Waals surface area contributed by atoms with Crippen molar-refractivity contribution in [1.29, 1.82) is 0 Å². The van der Waals surface area contributed by atoms with Crippen LogP contribution in [-0.4, -0.2) is 50.9 Å². The lowest BCUT2D eigenvalue weighted by Gasteiger charge is -2.38. The van der Waals surface area contributed by atoms with E-state index < -0.39 is 0 Å². The molecule has 2 aromatic heterocycles. The fourth-order valence-corrected chi connectivity index (χ4v) is 3.33. The molecule has 1 amide bonds. The maximum atomic E-state index is 12.6. The number of rotatable bonds is 4. The van der Waals surface area contributed by atoms with E-state index in [-0.39, 0.29) is 48.4 Å². The molecule has 1 saturated heterocycles. The Morgan fingerprint density at radius 1 is 1.32 bits per heavy atom. The summed E-state index contributed by atoms with van der Waals surface area (Å²) in [6, 6.07) is 4.08. The van der Waals surface area contributed by atoms with Crippen molar-refractivity contribution in [3.8, 4) is 11.4 Å². The molecule has 0 saturated carbocycles. The van der Waals surface area contributed by atoms with Gasteiger partial charge in [0.15, 0.2) is 0 Å². The fraction of sp³-hybridized carbons (Fsp3) is 0.474. The molecule has 0 radical (unpaired) electrons. The average Bonchev–Trinajstić information content (AvgIpc) is 2.63. The van der Waals surface area contributed by atoms with Gasteiger partial charge in [-0.05, 0) is 39.3 Å². The molecule has 3 heterocycles. The Morgan fingerprint density at radius 3 is 2.71 bits per heavy atom. The summed E-state index contributed by atoms with van der Waals surface area (Å²) in [4.78, 5) is 38.3. The van der Waals surface area contributed by atoms with E-state index in [0.29, 0.717) is 36.5 Å². The first-order chi connectivity index (χ1) is 12.5. The van der Waals surface area contributed by atoms with Crippen LogP contribution in [0.1, 0.15) is 31.5 Å². The summed E-state index contributed by atoms with van der Waals surface area (Å²) in [6.45, 7) is 7.46. The highest BCUT2D eigenvalue weighted by atomic mass is 35.5. The van der Waals surface area contributed by atoms with Gasteiger partial charge in [-0.25, -0.2) is 4.98 Å². The van der Waals surface area contributed by atoms with Crippen LogP contribution < -0.4 is 10.9 Å². The summed E-state index contributed by atoms with van der Waals surface area (Å²) in [5.41, 5.74) is 1.80. The molecule has 3 rings (SSSR count). The lowest BCUT2D eigenvalue weighted by Crippen LogP contribution is -2.57. The molecule has 2 unspecified atom stereocenters. The molecule has 0 spiro atoms. The van der Waals surface area contributed by atoms with Gasteiger partial charge in [0.05, 0.1) is 0 Å². The second kappa shape index (κ2) is 10.5. The van der Waals surface area contributed by atoms with E-state index in [0.717, 1.165) is 12.1 Å². The van der Waals surface area contributed by atoms with Gasteiger partial charge in [-0.15, -0.1) is 24.8 Å². The zero-order valence-electron chi connectivity index (χ0n) is 16.3. The number of carbonyl (C=O) groups is 1. The predicted octanol–water partition coefficient (Wildman–Crippen LogP) is 2.13. The molecular formula is C19H27Cl2N5O2. The van der Waals surface area contributed by atoms with Crippen molar-refractivity contribution >= 4 is 30.7 Å². The summed E-state index contributed by atoms with van der Waals surface area (Å²) >= 11 is 0. The van der Waals surface area contributed by atoms with Crippen LogP contribution in [0.5, 0.6) is 0 Å². The van der Waals surface area contributed by atoms with Crippen LogP contribution in [0.3, 0.4) is 0 Å². The van der Waals surface area contributed by atoms with Crippen LogP contribution in [0.4, 0.5) is 0 Å². The monoisotopic (exact) mass is 427 g/mol. The minimum Gasteiger partial charge on any atom is -0.337 e. The Morgan fingerprint density at radius 2 is 2.07 bits per heavy atom. The molecule has 2 aromatic rings. The Bertz CT molecular complexity index is 844. The molecule has 1 fully saturated rings. The third-order valence-electron chi connectivity index (χ3n) is 5.10. The number of aromatic nitrogens is 3. The van der Waals surface area contributed by atoms with Gasteiger partial charge in [-0.3, -0.25) is 14.6 Å². The maximum absolute atomic E-state index is 12.6. The van der Waals surface area contributed by atoms with Gasteiger partial charge in [0.25, 0.3) is 5.56 Å². The molecular weight excluding hydrogens is 401 g/mol. The van der Waals surface area contributed by atoms with Crippen molar-refractivity contribution < 1.29 is 4.79 Å². The smallest absolute Gasteiger partial charge is 0.254 e. The van der Waals surface area contributed by atoms with Crippen molar-refractivity contribution in [2.75, 3.05) is 13.1 Å². The van der Waals surface area contributed by atoms with Gasteiger partial charge in [0, 0.05) is 60.8 Å². The summed E-state index contributed by atoms with van der Waals surface area (Å²) in [5, 5.41) is 3.37. The van der Waals surface area contributed by atoms with E-state index in [1.165, 1.54) is 0 Å². The van der Waals surface area contributed by atoms with Crippen molar-refractivity contribution in [3.05, 3.63) is 46.1 Å². The molecule has 7 nitrogen and oxygen atoms in total. The Hall–Kier alpha value is -1.96. The standard InChI is InChI=1S/C19H25N5O2.2ClH/c1-12-14(3)24(10-9-21-12)17(25)7-6-16-13(2)22-18(23-19(16)26)15-5-4-8-20-11-15;;/h4-5,8,11-12,14,21H,6-7,9-10H2,1-3H3,(H,22,23,26);2*1H. The number of hydrogen-bond acceptors (Lipinski definition) is 5. The van der Waals surface area contributed by atoms with Crippen LogP contribution in [0.2, 0.25) is 0 Å². The quantitative estimate of drug-likeness (QED) is 0.779. The van der Waals surface area contributed by atoms with E-state index in [2.05, 4.69) is 34.1 Å². The SMILES string of the molecule is Cc1nc(-c2cccnc2)[nH]c(=O)c1CCC(=O)N1CCNC(C)C1C.Cl.Cl. The van der Waals surface area contributed by atoms with Gasteiger partial charge >= 0.3 is 0 Å². The number of aromatic amines is 1. The van der Waals surface area contributed by atoms with Gasteiger partial charge in [0.2, 0.25) is 5.91 Å². The molecule has 28 heavy (non-hydrogen) atoms. The Kier molecular flexibility index (Phi) is 9.07. The summed E-state index contributed by atoms with van der Waals surface area (Å²) in [6.07, 6.45) is 4.04. The van der Waals surface area contributed by atoms with Crippen LogP contribution in [0, 0.1) is 6.92 Å². The maximum Gasteiger partial charge on any atom is 0.254 e. The first-order valence-electron chi connectivity index (χ1n) is 9.00. The number of H-pyrrole nitrogens is 1. The van der Waals surface area contributed by atoms with Crippen LogP contribution in [-0.2, 0) is 11.2 Å². The van der Waals surface area contributed by atoms with Gasteiger partial charge < -0.3 is 15.2 Å². The molecule has 0 aromatic carbocycles. The van der Waals surface area contributed by atoms with Gasteiger partial charge in [0.1, 0.15) is 5.82 Å². The van der Waals surface area contributed by atoms with Crippen LogP contribution >= 0.6 is 24.8 Å².